The molecule has 24 heavy (non-hydrogen) atoms. The van der Waals surface area contributed by atoms with Crippen LogP contribution in [0.4, 0.5) is 0 Å². The van der Waals surface area contributed by atoms with E-state index < -0.39 is 0 Å². The van der Waals surface area contributed by atoms with E-state index in [4.69, 9.17) is 0 Å². The van der Waals surface area contributed by atoms with E-state index in [1.54, 1.807) is 5.56 Å². The maximum atomic E-state index is 4.54. The SMILES string of the molecule is CC1(C)CCC2(CCCCC2)c2cc(-c3ccccn3)[c-]cc21.[Ir]. The summed E-state index contributed by atoms with van der Waals surface area (Å²) in [4.78, 5) is 4.54. The van der Waals surface area contributed by atoms with Crippen LogP contribution in [0, 0.1) is 6.07 Å². The standard InChI is InChI=1S/C22H26N.Ir/c1-21(2)13-14-22(11-5-3-6-12-22)19-16-17(9-10-18(19)21)20-8-4-7-15-23-20;/h4,7-8,10,15-16H,3,5-6,11-14H2,1-2H3;/q-1;. The molecule has 0 bridgehead atoms. The Morgan fingerprint density at radius 1 is 0.958 bits per heavy atom. The number of rotatable bonds is 1. The van der Waals surface area contributed by atoms with E-state index in [0.717, 1.165) is 11.3 Å². The molecule has 1 fully saturated rings. The smallest absolute Gasteiger partial charge is 0.0160 e. The predicted molar refractivity (Wildman–Crippen MR) is 95.5 cm³/mol. The van der Waals surface area contributed by atoms with Crippen LogP contribution in [0.1, 0.15) is 69.9 Å². The van der Waals surface area contributed by atoms with Gasteiger partial charge in [-0.3, -0.25) is 0 Å². The minimum atomic E-state index is 0. The van der Waals surface area contributed by atoms with Crippen LogP contribution < -0.4 is 0 Å². The monoisotopic (exact) mass is 497 g/mol. The zero-order chi connectivity index (χ0) is 15.9. The number of hydrogen-bond acceptors (Lipinski definition) is 1. The van der Waals surface area contributed by atoms with Crippen LogP contribution in [-0.4, -0.2) is 4.98 Å². The van der Waals surface area contributed by atoms with Crippen molar-refractivity contribution in [3.63, 3.8) is 0 Å². The van der Waals surface area contributed by atoms with Crippen molar-refractivity contribution in [1.29, 1.82) is 0 Å². The van der Waals surface area contributed by atoms with Gasteiger partial charge in [0.05, 0.1) is 0 Å². The van der Waals surface area contributed by atoms with Crippen molar-refractivity contribution in [1.82, 2.24) is 4.98 Å². The summed E-state index contributed by atoms with van der Waals surface area (Å²) < 4.78 is 0. The average molecular weight is 497 g/mol. The average Bonchev–Trinajstić information content (AvgIpc) is 2.60. The van der Waals surface area contributed by atoms with Crippen molar-refractivity contribution in [2.24, 2.45) is 0 Å². The number of aromatic nitrogens is 1. The summed E-state index contributed by atoms with van der Waals surface area (Å²) in [6.45, 7) is 4.80. The molecule has 0 unspecified atom stereocenters. The Hall–Kier alpha value is -0.981. The zero-order valence-electron chi connectivity index (χ0n) is 14.7. The second-order valence-corrected chi connectivity index (χ2v) is 8.11. The van der Waals surface area contributed by atoms with Crippen molar-refractivity contribution in [3.8, 4) is 11.3 Å². The number of pyridine rings is 1. The second kappa shape index (κ2) is 6.73. The molecule has 1 aromatic carbocycles. The van der Waals surface area contributed by atoms with E-state index in [1.165, 1.54) is 50.5 Å². The van der Waals surface area contributed by atoms with Crippen LogP contribution >= 0.6 is 0 Å². The van der Waals surface area contributed by atoms with Gasteiger partial charge < -0.3 is 4.98 Å². The van der Waals surface area contributed by atoms with Crippen molar-refractivity contribution >= 4 is 0 Å². The Morgan fingerprint density at radius 2 is 1.75 bits per heavy atom. The Morgan fingerprint density at radius 3 is 2.46 bits per heavy atom. The molecular formula is C22H26IrN-. The van der Waals surface area contributed by atoms with Gasteiger partial charge in [-0.05, 0) is 41.9 Å². The Labute approximate surface area is 159 Å². The molecule has 0 aliphatic heterocycles. The molecule has 1 heterocycles. The summed E-state index contributed by atoms with van der Waals surface area (Å²) in [5.41, 5.74) is 6.04. The molecule has 0 amide bonds. The molecule has 1 nitrogen and oxygen atoms in total. The van der Waals surface area contributed by atoms with Crippen molar-refractivity contribution in [2.45, 2.75) is 69.6 Å². The summed E-state index contributed by atoms with van der Waals surface area (Å²) in [5.74, 6) is 0. The molecule has 0 N–H and O–H groups in total. The first-order valence-corrected chi connectivity index (χ1v) is 9.09. The number of benzene rings is 1. The van der Waals surface area contributed by atoms with Crippen LogP contribution in [0.25, 0.3) is 11.3 Å². The Balaban J connectivity index is 0.00000169. The van der Waals surface area contributed by atoms with Crippen LogP contribution in [-0.2, 0) is 30.9 Å². The molecule has 129 valence electrons. The molecule has 1 radical (unpaired) electrons. The van der Waals surface area contributed by atoms with E-state index >= 15 is 0 Å². The van der Waals surface area contributed by atoms with Gasteiger partial charge in [0.1, 0.15) is 0 Å². The topological polar surface area (TPSA) is 12.9 Å². The molecule has 4 rings (SSSR count). The molecule has 2 heteroatoms. The summed E-state index contributed by atoms with van der Waals surface area (Å²) in [6.07, 6.45) is 11.4. The molecule has 2 aliphatic rings. The third-order valence-corrected chi connectivity index (χ3v) is 6.23. The number of hydrogen-bond donors (Lipinski definition) is 0. The van der Waals surface area contributed by atoms with Gasteiger partial charge in [0.25, 0.3) is 0 Å². The molecular weight excluding hydrogens is 470 g/mol. The first kappa shape index (κ1) is 17.8. The van der Waals surface area contributed by atoms with Crippen molar-refractivity contribution in [3.05, 3.63) is 53.7 Å². The van der Waals surface area contributed by atoms with Gasteiger partial charge in [-0.2, -0.15) is 0 Å². The molecule has 1 saturated carbocycles. The fourth-order valence-corrected chi connectivity index (χ4v) is 4.73. The molecule has 2 aliphatic carbocycles. The van der Waals surface area contributed by atoms with E-state index in [1.807, 2.05) is 12.3 Å². The molecule has 1 spiro atoms. The first-order valence-electron chi connectivity index (χ1n) is 9.09. The maximum Gasteiger partial charge on any atom is 0.0160 e. The largest absolute Gasteiger partial charge is 0.305 e. The van der Waals surface area contributed by atoms with Crippen LogP contribution in [0.3, 0.4) is 0 Å². The predicted octanol–water partition coefficient (Wildman–Crippen LogP) is 5.82. The van der Waals surface area contributed by atoms with Crippen LogP contribution in [0.15, 0.2) is 36.5 Å². The normalized spacial score (nSPS) is 20.9. The first-order chi connectivity index (χ1) is 11.1. The van der Waals surface area contributed by atoms with Gasteiger partial charge in [0.2, 0.25) is 0 Å². The minimum Gasteiger partial charge on any atom is -0.305 e. The van der Waals surface area contributed by atoms with Crippen LogP contribution in [0.2, 0.25) is 0 Å². The fraction of sp³-hybridized carbons (Fsp3) is 0.500. The maximum absolute atomic E-state index is 4.54. The number of nitrogens with zero attached hydrogens (tertiary/aromatic N) is 1. The third kappa shape index (κ3) is 3.00. The van der Waals surface area contributed by atoms with Gasteiger partial charge >= 0.3 is 0 Å². The molecule has 0 saturated heterocycles. The van der Waals surface area contributed by atoms with E-state index in [9.17, 15) is 0 Å². The van der Waals surface area contributed by atoms with Gasteiger partial charge in [0, 0.05) is 26.3 Å². The van der Waals surface area contributed by atoms with Crippen molar-refractivity contribution < 1.29 is 20.1 Å². The summed E-state index contributed by atoms with van der Waals surface area (Å²) >= 11 is 0. The molecule has 1 aromatic heterocycles. The minimum absolute atomic E-state index is 0. The van der Waals surface area contributed by atoms with E-state index in [2.05, 4.69) is 49.2 Å². The second-order valence-electron chi connectivity index (χ2n) is 8.11. The fourth-order valence-electron chi connectivity index (χ4n) is 4.73. The van der Waals surface area contributed by atoms with Gasteiger partial charge in [-0.25, -0.2) is 0 Å². The van der Waals surface area contributed by atoms with Gasteiger partial charge in [0.15, 0.2) is 0 Å². The van der Waals surface area contributed by atoms with Crippen molar-refractivity contribution in [2.75, 3.05) is 0 Å². The Kier molecular flexibility index (Phi) is 5.00. The molecule has 0 atom stereocenters. The Bertz CT molecular complexity index is 699. The summed E-state index contributed by atoms with van der Waals surface area (Å²) in [5, 5.41) is 0. The summed E-state index contributed by atoms with van der Waals surface area (Å²) in [6, 6.07) is 14.4. The van der Waals surface area contributed by atoms with E-state index in [-0.39, 0.29) is 25.5 Å². The van der Waals surface area contributed by atoms with Crippen LogP contribution in [0.5, 0.6) is 0 Å². The van der Waals surface area contributed by atoms with Gasteiger partial charge in [-0.1, -0.05) is 51.7 Å². The zero-order valence-corrected chi connectivity index (χ0v) is 17.1. The quantitative estimate of drug-likeness (QED) is 0.454. The molecule has 2 aromatic rings. The van der Waals surface area contributed by atoms with E-state index in [0.29, 0.717) is 5.41 Å². The van der Waals surface area contributed by atoms with Gasteiger partial charge in [-0.15, -0.1) is 34.9 Å². The third-order valence-electron chi connectivity index (χ3n) is 6.23. The number of fused-ring (bicyclic) bond motifs is 2. The summed E-state index contributed by atoms with van der Waals surface area (Å²) in [7, 11) is 0.